The monoisotopic (exact) mass is 263 g/mol. The van der Waals surface area contributed by atoms with Crippen LogP contribution in [0.4, 0.5) is 0 Å². The largest absolute Gasteiger partial charge is 0.481 e. The predicted molar refractivity (Wildman–Crippen MR) is 73.7 cm³/mol. The number of nitrogens with one attached hydrogen (secondary N) is 1. The second-order valence-electron chi connectivity index (χ2n) is 4.71. The zero-order valence-electron chi connectivity index (χ0n) is 11.4. The highest BCUT2D eigenvalue weighted by atomic mass is 16.4. The molecule has 1 aromatic rings. The number of aliphatic carboxylic acids is 1. The van der Waals surface area contributed by atoms with Crippen LogP contribution in [0.3, 0.4) is 0 Å². The van der Waals surface area contributed by atoms with Gasteiger partial charge in [0.1, 0.15) is 0 Å². The number of amides is 1. The molecular weight excluding hydrogens is 242 g/mol. The van der Waals surface area contributed by atoms with Gasteiger partial charge < -0.3 is 10.4 Å². The highest BCUT2D eigenvalue weighted by Gasteiger charge is 2.18. The number of carboxylic acids is 1. The van der Waals surface area contributed by atoms with Crippen LogP contribution in [0.1, 0.15) is 44.7 Å². The van der Waals surface area contributed by atoms with Gasteiger partial charge in [0.2, 0.25) is 5.91 Å². The molecule has 1 rings (SSSR count). The Labute approximate surface area is 113 Å². The molecule has 0 spiro atoms. The van der Waals surface area contributed by atoms with Crippen molar-refractivity contribution in [3.63, 3.8) is 0 Å². The summed E-state index contributed by atoms with van der Waals surface area (Å²) in [6.07, 6.45) is 1.22. The minimum Gasteiger partial charge on any atom is -0.481 e. The fraction of sp³-hybridized carbons (Fsp3) is 0.467. The van der Waals surface area contributed by atoms with E-state index in [0.717, 1.165) is 12.0 Å². The lowest BCUT2D eigenvalue weighted by Gasteiger charge is -2.20. The lowest BCUT2D eigenvalue weighted by atomic mass is 10.0. The number of hydrogen-bond donors (Lipinski definition) is 2. The van der Waals surface area contributed by atoms with E-state index in [4.69, 9.17) is 5.11 Å². The second-order valence-corrected chi connectivity index (χ2v) is 4.71. The van der Waals surface area contributed by atoms with Crippen LogP contribution < -0.4 is 5.32 Å². The Morgan fingerprint density at radius 1 is 1.26 bits per heavy atom. The van der Waals surface area contributed by atoms with E-state index in [9.17, 15) is 9.59 Å². The maximum atomic E-state index is 11.9. The molecule has 0 heterocycles. The van der Waals surface area contributed by atoms with E-state index < -0.39 is 5.97 Å². The third-order valence-corrected chi connectivity index (χ3v) is 3.23. The number of carboxylic acid groups (broad SMARTS) is 1. The minimum absolute atomic E-state index is 0.0262. The molecule has 0 fully saturated rings. The first-order chi connectivity index (χ1) is 9.04. The van der Waals surface area contributed by atoms with Crippen molar-refractivity contribution in [3.8, 4) is 0 Å². The molecule has 1 aromatic carbocycles. The molecule has 2 atom stereocenters. The highest BCUT2D eigenvalue weighted by molar-refractivity contribution is 5.78. The Morgan fingerprint density at radius 3 is 2.42 bits per heavy atom. The second kappa shape index (κ2) is 7.56. The van der Waals surface area contributed by atoms with Crippen molar-refractivity contribution < 1.29 is 14.7 Å². The van der Waals surface area contributed by atoms with Gasteiger partial charge in [0.25, 0.3) is 0 Å². The summed E-state index contributed by atoms with van der Waals surface area (Å²) in [4.78, 5) is 22.6. The summed E-state index contributed by atoms with van der Waals surface area (Å²) in [5.74, 6) is -0.934. The fourth-order valence-corrected chi connectivity index (χ4v) is 1.77. The maximum Gasteiger partial charge on any atom is 0.303 e. The Bertz CT molecular complexity index is 417. The van der Waals surface area contributed by atoms with E-state index in [1.165, 1.54) is 0 Å². The fourth-order valence-electron chi connectivity index (χ4n) is 1.77. The van der Waals surface area contributed by atoms with E-state index in [1.54, 1.807) is 0 Å². The average molecular weight is 263 g/mol. The van der Waals surface area contributed by atoms with Gasteiger partial charge in [-0.25, -0.2) is 0 Å². The van der Waals surface area contributed by atoms with Crippen LogP contribution in [0.2, 0.25) is 0 Å². The van der Waals surface area contributed by atoms with Crippen LogP contribution in [0.15, 0.2) is 30.3 Å². The minimum atomic E-state index is -0.848. The van der Waals surface area contributed by atoms with Gasteiger partial charge in [-0.05, 0) is 18.4 Å². The first-order valence-electron chi connectivity index (χ1n) is 6.61. The normalized spacial score (nSPS) is 13.6. The molecule has 0 aromatic heterocycles. The summed E-state index contributed by atoms with van der Waals surface area (Å²) in [5, 5.41) is 11.7. The maximum absolute atomic E-state index is 11.9. The molecule has 19 heavy (non-hydrogen) atoms. The topological polar surface area (TPSA) is 66.4 Å². The summed E-state index contributed by atoms with van der Waals surface area (Å²) in [5.41, 5.74) is 0.945. The zero-order valence-corrected chi connectivity index (χ0v) is 11.4. The lowest BCUT2D eigenvalue weighted by Crippen LogP contribution is -2.33. The molecule has 4 nitrogen and oxygen atoms in total. The van der Waals surface area contributed by atoms with Gasteiger partial charge in [-0.3, -0.25) is 9.59 Å². The van der Waals surface area contributed by atoms with Crippen LogP contribution in [0.25, 0.3) is 0 Å². The van der Waals surface area contributed by atoms with Crippen LogP contribution >= 0.6 is 0 Å². The number of benzene rings is 1. The molecular formula is C15H21NO3. The van der Waals surface area contributed by atoms with Crippen molar-refractivity contribution >= 4 is 11.9 Å². The van der Waals surface area contributed by atoms with Crippen LogP contribution in [-0.2, 0) is 9.59 Å². The van der Waals surface area contributed by atoms with Gasteiger partial charge in [0.05, 0.1) is 6.04 Å². The Balaban J connectivity index is 2.75. The van der Waals surface area contributed by atoms with Crippen molar-refractivity contribution in [2.75, 3.05) is 0 Å². The molecule has 4 heteroatoms. The molecule has 2 unspecified atom stereocenters. The van der Waals surface area contributed by atoms with Crippen LogP contribution in [0.5, 0.6) is 0 Å². The molecule has 0 saturated carbocycles. The third-order valence-electron chi connectivity index (χ3n) is 3.23. The van der Waals surface area contributed by atoms with Crippen LogP contribution in [0, 0.1) is 5.92 Å². The van der Waals surface area contributed by atoms with Gasteiger partial charge in [0, 0.05) is 12.3 Å². The number of carbonyl (C=O) groups excluding carboxylic acids is 1. The standard InChI is InChI=1S/C15H21NO3/c1-3-11(2)15(19)16-13(9-10-14(17)18)12-7-5-4-6-8-12/h4-8,11,13H,3,9-10H2,1-2H3,(H,16,19)(H,17,18). The number of rotatable bonds is 7. The molecule has 2 N–H and O–H groups in total. The highest BCUT2D eigenvalue weighted by Crippen LogP contribution is 2.19. The lowest BCUT2D eigenvalue weighted by molar-refractivity contribution is -0.137. The quantitative estimate of drug-likeness (QED) is 0.795. The summed E-state index contributed by atoms with van der Waals surface area (Å²) in [7, 11) is 0. The first kappa shape index (κ1) is 15.2. The number of hydrogen-bond acceptors (Lipinski definition) is 2. The van der Waals surface area contributed by atoms with Crippen LogP contribution in [-0.4, -0.2) is 17.0 Å². The molecule has 0 radical (unpaired) electrons. The molecule has 1 amide bonds. The summed E-state index contributed by atoms with van der Waals surface area (Å²) in [6, 6.07) is 9.25. The van der Waals surface area contributed by atoms with Crippen molar-refractivity contribution in [1.82, 2.24) is 5.32 Å². The predicted octanol–water partition coefficient (Wildman–Crippen LogP) is 2.75. The van der Waals surface area contributed by atoms with Crippen molar-refractivity contribution in [1.29, 1.82) is 0 Å². The molecule has 0 aliphatic rings. The molecule has 0 aliphatic carbocycles. The van der Waals surface area contributed by atoms with Crippen molar-refractivity contribution in [3.05, 3.63) is 35.9 Å². The molecule has 0 aliphatic heterocycles. The molecule has 104 valence electrons. The first-order valence-corrected chi connectivity index (χ1v) is 6.61. The number of carbonyl (C=O) groups is 2. The van der Waals surface area contributed by atoms with E-state index >= 15 is 0 Å². The smallest absolute Gasteiger partial charge is 0.303 e. The van der Waals surface area contributed by atoms with E-state index in [2.05, 4.69) is 5.32 Å². The van der Waals surface area contributed by atoms with E-state index in [0.29, 0.717) is 6.42 Å². The molecule has 0 saturated heterocycles. The van der Waals surface area contributed by atoms with Gasteiger partial charge in [-0.15, -0.1) is 0 Å². The molecule has 0 bridgehead atoms. The average Bonchev–Trinajstić information content (AvgIpc) is 2.42. The van der Waals surface area contributed by atoms with Gasteiger partial charge in [-0.1, -0.05) is 44.2 Å². The van der Waals surface area contributed by atoms with Crippen molar-refractivity contribution in [2.45, 2.75) is 39.2 Å². The van der Waals surface area contributed by atoms with Gasteiger partial charge in [0.15, 0.2) is 0 Å². The Morgan fingerprint density at radius 2 is 1.89 bits per heavy atom. The zero-order chi connectivity index (χ0) is 14.3. The van der Waals surface area contributed by atoms with Gasteiger partial charge in [-0.2, -0.15) is 0 Å². The SMILES string of the molecule is CCC(C)C(=O)NC(CCC(=O)O)c1ccccc1. The van der Waals surface area contributed by atoms with Gasteiger partial charge >= 0.3 is 5.97 Å². The van der Waals surface area contributed by atoms with Crippen molar-refractivity contribution in [2.24, 2.45) is 5.92 Å². The van der Waals surface area contributed by atoms with E-state index in [-0.39, 0.29) is 24.3 Å². The third kappa shape index (κ3) is 5.12. The summed E-state index contributed by atoms with van der Waals surface area (Å²) >= 11 is 0. The van der Waals surface area contributed by atoms with E-state index in [1.807, 2.05) is 44.2 Å². The summed E-state index contributed by atoms with van der Waals surface area (Å²) < 4.78 is 0. The summed E-state index contributed by atoms with van der Waals surface area (Å²) in [6.45, 7) is 3.83. The Hall–Kier alpha value is -1.84. The Kier molecular flexibility index (Phi) is 6.06.